The van der Waals surface area contributed by atoms with Gasteiger partial charge < -0.3 is 30.9 Å². The van der Waals surface area contributed by atoms with Crippen LogP contribution in [0.15, 0.2) is 0 Å². The molecule has 0 aromatic rings. The Kier molecular flexibility index (Phi) is 2.99. The molecule has 12 heavy (non-hydrogen) atoms. The summed E-state index contributed by atoms with van der Waals surface area (Å²) in [5.41, 5.74) is 3.41. The minimum Gasteiger partial charge on any atom is -0.394 e. The largest absolute Gasteiger partial charge is 0.394 e. The molecule has 6 heteroatoms. The predicted octanol–water partition coefficient (Wildman–Crippen LogP) is -3.97. The summed E-state index contributed by atoms with van der Waals surface area (Å²) in [6.45, 7) is -0.442. The molecule has 0 spiro atoms. The molecular formula is C6H14NO5+. The van der Waals surface area contributed by atoms with E-state index in [0.29, 0.717) is 0 Å². The topological polar surface area (TPSA) is 118 Å². The molecule has 1 saturated heterocycles. The minimum atomic E-state index is -1.24. The lowest BCUT2D eigenvalue weighted by Crippen LogP contribution is -2.77. The van der Waals surface area contributed by atoms with Gasteiger partial charge in [0.15, 0.2) is 6.04 Å². The maximum atomic E-state index is 9.25. The molecular weight excluding hydrogens is 166 g/mol. The Bertz CT molecular complexity index is 150. The number of aliphatic hydroxyl groups excluding tert-OH is 4. The number of hydrogen-bond acceptors (Lipinski definition) is 5. The normalized spacial score (nSPS) is 49.2. The van der Waals surface area contributed by atoms with Gasteiger partial charge in [0, 0.05) is 0 Å². The van der Waals surface area contributed by atoms with E-state index in [1.165, 1.54) is 0 Å². The lowest BCUT2D eigenvalue weighted by atomic mass is 9.98. The third kappa shape index (κ3) is 1.58. The third-order valence-electron chi connectivity index (χ3n) is 2.03. The van der Waals surface area contributed by atoms with Gasteiger partial charge >= 0.3 is 0 Å². The molecule has 0 aliphatic carbocycles. The molecule has 1 aliphatic heterocycles. The maximum Gasteiger partial charge on any atom is 0.211 e. The van der Waals surface area contributed by atoms with Crippen LogP contribution in [0, 0.1) is 0 Å². The Morgan fingerprint density at radius 2 is 1.75 bits per heavy atom. The van der Waals surface area contributed by atoms with E-state index in [1.807, 2.05) is 0 Å². The zero-order valence-corrected chi connectivity index (χ0v) is 6.50. The number of aliphatic hydroxyl groups is 4. The highest BCUT2D eigenvalue weighted by atomic mass is 16.6. The maximum absolute atomic E-state index is 9.25. The van der Waals surface area contributed by atoms with E-state index in [1.54, 1.807) is 0 Å². The minimum absolute atomic E-state index is 0.442. The fraction of sp³-hybridized carbons (Fsp3) is 1.00. The average Bonchev–Trinajstić information content (AvgIpc) is 2.08. The number of quaternary nitrogens is 1. The molecule has 0 saturated carbocycles. The van der Waals surface area contributed by atoms with Crippen molar-refractivity contribution >= 4 is 0 Å². The van der Waals surface area contributed by atoms with Gasteiger partial charge in [-0.05, 0) is 0 Å². The zero-order chi connectivity index (χ0) is 9.30. The molecule has 0 bridgehead atoms. The van der Waals surface area contributed by atoms with Crippen molar-refractivity contribution in [3.05, 3.63) is 0 Å². The van der Waals surface area contributed by atoms with Crippen molar-refractivity contribution in [3.63, 3.8) is 0 Å². The van der Waals surface area contributed by atoms with Gasteiger partial charge in [-0.25, -0.2) is 0 Å². The summed E-state index contributed by atoms with van der Waals surface area (Å²) in [6.07, 6.45) is -4.53. The molecule has 7 N–H and O–H groups in total. The third-order valence-corrected chi connectivity index (χ3v) is 2.03. The van der Waals surface area contributed by atoms with Crippen molar-refractivity contribution in [2.24, 2.45) is 0 Å². The summed E-state index contributed by atoms with van der Waals surface area (Å²) in [4.78, 5) is 0. The van der Waals surface area contributed by atoms with Crippen molar-refractivity contribution in [2.75, 3.05) is 6.61 Å². The molecule has 0 amide bonds. The molecule has 0 radical (unpaired) electrons. The van der Waals surface area contributed by atoms with E-state index < -0.39 is 37.3 Å². The standard InChI is InChI=1S/C6H13NO5/c7-3-5(10)4(9)2(1-8)12-6(3)11/h2-6,8-11H,1,7H2/p+1/t2-,3+,4+,5-,6+/m0/s1. The van der Waals surface area contributed by atoms with Crippen LogP contribution < -0.4 is 5.73 Å². The second kappa shape index (κ2) is 3.65. The number of ether oxygens (including phenoxy) is 1. The van der Waals surface area contributed by atoms with Crippen molar-refractivity contribution in [3.8, 4) is 0 Å². The van der Waals surface area contributed by atoms with E-state index in [-0.39, 0.29) is 0 Å². The highest BCUT2D eigenvalue weighted by Gasteiger charge is 2.43. The van der Waals surface area contributed by atoms with Crippen LogP contribution in [-0.2, 0) is 4.74 Å². The Labute approximate surface area is 69.2 Å². The molecule has 6 nitrogen and oxygen atoms in total. The van der Waals surface area contributed by atoms with Crippen LogP contribution in [0.5, 0.6) is 0 Å². The molecule has 5 atom stereocenters. The zero-order valence-electron chi connectivity index (χ0n) is 6.50. The first-order valence-electron chi connectivity index (χ1n) is 3.71. The van der Waals surface area contributed by atoms with Crippen LogP contribution in [-0.4, -0.2) is 57.7 Å². The Morgan fingerprint density at radius 3 is 2.25 bits per heavy atom. The molecule has 72 valence electrons. The number of rotatable bonds is 1. The molecule has 1 aliphatic rings. The molecule has 0 aromatic carbocycles. The van der Waals surface area contributed by atoms with Crippen LogP contribution in [0.1, 0.15) is 0 Å². The van der Waals surface area contributed by atoms with Gasteiger partial charge in [-0.1, -0.05) is 0 Å². The Hall–Kier alpha value is -0.240. The molecule has 1 rings (SSSR count). The lowest BCUT2D eigenvalue weighted by Gasteiger charge is -2.36. The average molecular weight is 180 g/mol. The van der Waals surface area contributed by atoms with Crippen LogP contribution in [0.2, 0.25) is 0 Å². The second-order valence-corrected chi connectivity index (χ2v) is 2.89. The van der Waals surface area contributed by atoms with Gasteiger partial charge in [-0.3, -0.25) is 0 Å². The quantitative estimate of drug-likeness (QED) is 0.282. The first-order valence-corrected chi connectivity index (χ1v) is 3.71. The summed E-state index contributed by atoms with van der Waals surface area (Å²) in [5.74, 6) is 0. The number of hydrogen-bond donors (Lipinski definition) is 5. The molecule has 1 fully saturated rings. The summed E-state index contributed by atoms with van der Waals surface area (Å²) < 4.78 is 4.76. The smallest absolute Gasteiger partial charge is 0.211 e. The van der Waals surface area contributed by atoms with Crippen LogP contribution in [0.3, 0.4) is 0 Å². The monoisotopic (exact) mass is 180 g/mol. The van der Waals surface area contributed by atoms with Gasteiger partial charge in [0.1, 0.15) is 18.3 Å². The summed E-state index contributed by atoms with van der Waals surface area (Å²) in [7, 11) is 0. The van der Waals surface area contributed by atoms with Gasteiger partial charge in [-0.2, -0.15) is 0 Å². The molecule has 0 aromatic heterocycles. The van der Waals surface area contributed by atoms with Crippen molar-refractivity contribution in [2.45, 2.75) is 30.6 Å². The van der Waals surface area contributed by atoms with Crippen LogP contribution >= 0.6 is 0 Å². The van der Waals surface area contributed by atoms with E-state index in [4.69, 9.17) is 14.9 Å². The summed E-state index contributed by atoms with van der Waals surface area (Å²) in [6, 6.07) is -0.789. The fourth-order valence-corrected chi connectivity index (χ4v) is 1.15. The van der Waals surface area contributed by atoms with Gasteiger partial charge in [-0.15, -0.1) is 0 Å². The Morgan fingerprint density at radius 1 is 1.17 bits per heavy atom. The first-order chi connectivity index (χ1) is 5.57. The lowest BCUT2D eigenvalue weighted by molar-refractivity contribution is -0.497. The summed E-state index contributed by atoms with van der Waals surface area (Å²) in [5, 5.41) is 36.3. The molecule has 0 unspecified atom stereocenters. The van der Waals surface area contributed by atoms with Crippen molar-refractivity contribution in [1.29, 1.82) is 0 Å². The van der Waals surface area contributed by atoms with Crippen LogP contribution in [0.25, 0.3) is 0 Å². The highest BCUT2D eigenvalue weighted by molar-refractivity contribution is 4.87. The first kappa shape index (κ1) is 9.85. The molecule has 1 heterocycles. The van der Waals surface area contributed by atoms with E-state index in [2.05, 4.69) is 5.73 Å². The van der Waals surface area contributed by atoms with Gasteiger partial charge in [0.05, 0.1) is 6.61 Å². The van der Waals surface area contributed by atoms with Gasteiger partial charge in [0.2, 0.25) is 6.29 Å². The van der Waals surface area contributed by atoms with Crippen molar-refractivity contribution < 1.29 is 30.9 Å². The second-order valence-electron chi connectivity index (χ2n) is 2.89. The van der Waals surface area contributed by atoms with E-state index in [9.17, 15) is 10.2 Å². The highest BCUT2D eigenvalue weighted by Crippen LogP contribution is 2.16. The summed E-state index contributed by atoms with van der Waals surface area (Å²) >= 11 is 0. The van der Waals surface area contributed by atoms with Crippen molar-refractivity contribution in [1.82, 2.24) is 0 Å². The van der Waals surface area contributed by atoms with Gasteiger partial charge in [0.25, 0.3) is 0 Å². The van der Waals surface area contributed by atoms with E-state index >= 15 is 0 Å². The SMILES string of the molecule is [NH3+][C@@H]1[C@H](O)[C@H](O)[C@H](CO)O[C@H]1O. The Balaban J connectivity index is 2.63. The fourth-order valence-electron chi connectivity index (χ4n) is 1.15. The predicted molar refractivity (Wildman–Crippen MR) is 36.7 cm³/mol. The van der Waals surface area contributed by atoms with E-state index in [0.717, 1.165) is 0 Å². The van der Waals surface area contributed by atoms with Crippen LogP contribution in [0.4, 0.5) is 0 Å².